The highest BCUT2D eigenvalue weighted by atomic mass is 19.1. The van der Waals surface area contributed by atoms with E-state index in [9.17, 15) is 4.39 Å². The molecule has 0 saturated carbocycles. The first kappa shape index (κ1) is 15.9. The highest BCUT2D eigenvalue weighted by molar-refractivity contribution is 5.52. The number of halogens is 1. The molecule has 0 spiro atoms. The van der Waals surface area contributed by atoms with Crippen molar-refractivity contribution < 1.29 is 13.5 Å². The van der Waals surface area contributed by atoms with Crippen molar-refractivity contribution in [3.63, 3.8) is 0 Å². The Bertz CT molecular complexity index is 820. The molecular weight excluding hydrogens is 325 g/mol. The Hall–Kier alpha value is -2.58. The van der Waals surface area contributed by atoms with Crippen LogP contribution in [0.5, 0.6) is 0 Å². The smallest absolute Gasteiger partial charge is 0.226 e. The van der Waals surface area contributed by atoms with E-state index in [0.29, 0.717) is 31.2 Å². The number of hydrogen-bond acceptors (Lipinski definition) is 6. The van der Waals surface area contributed by atoms with Crippen molar-refractivity contribution in [2.24, 2.45) is 0 Å². The van der Waals surface area contributed by atoms with Gasteiger partial charge in [-0.3, -0.25) is 9.58 Å². The van der Waals surface area contributed by atoms with E-state index in [1.165, 1.54) is 18.5 Å². The third-order valence-corrected chi connectivity index (χ3v) is 4.09. The second kappa shape index (κ2) is 7.12. The van der Waals surface area contributed by atoms with Crippen LogP contribution >= 0.6 is 0 Å². The predicted molar refractivity (Wildman–Crippen MR) is 86.9 cm³/mol. The molecule has 2 aromatic heterocycles. The highest BCUT2D eigenvalue weighted by Crippen LogP contribution is 2.20. The van der Waals surface area contributed by atoms with Gasteiger partial charge in [-0.1, -0.05) is 6.07 Å². The van der Waals surface area contributed by atoms with Gasteiger partial charge < -0.3 is 9.15 Å². The van der Waals surface area contributed by atoms with Crippen LogP contribution in [-0.4, -0.2) is 50.4 Å². The molecule has 3 aromatic rings. The van der Waals surface area contributed by atoms with Crippen LogP contribution in [0, 0.1) is 5.82 Å². The van der Waals surface area contributed by atoms with Gasteiger partial charge in [-0.05, 0) is 18.2 Å². The maximum atomic E-state index is 13.3. The zero-order chi connectivity index (χ0) is 17.1. The van der Waals surface area contributed by atoms with Crippen molar-refractivity contribution in [2.75, 3.05) is 19.7 Å². The molecule has 0 amide bonds. The Kier molecular flexibility index (Phi) is 4.53. The van der Waals surface area contributed by atoms with Gasteiger partial charge in [0.15, 0.2) is 0 Å². The Balaban J connectivity index is 1.38. The maximum Gasteiger partial charge on any atom is 0.226 e. The van der Waals surface area contributed by atoms with Crippen molar-refractivity contribution in [3.05, 3.63) is 54.7 Å². The highest BCUT2D eigenvalue weighted by Gasteiger charge is 2.22. The molecule has 1 saturated heterocycles. The topological polar surface area (TPSA) is 69.2 Å². The van der Waals surface area contributed by atoms with Crippen LogP contribution in [0.25, 0.3) is 11.5 Å². The van der Waals surface area contributed by atoms with E-state index >= 15 is 0 Å². The van der Waals surface area contributed by atoms with Crippen molar-refractivity contribution in [1.29, 1.82) is 0 Å². The monoisotopic (exact) mass is 343 g/mol. The molecule has 1 fully saturated rings. The van der Waals surface area contributed by atoms with E-state index < -0.39 is 0 Å². The number of benzene rings is 1. The summed E-state index contributed by atoms with van der Waals surface area (Å²) in [5.74, 6) is 0.128. The molecule has 1 aliphatic rings. The summed E-state index contributed by atoms with van der Waals surface area (Å²) in [5, 5.41) is 4.11. The van der Waals surface area contributed by atoms with E-state index in [4.69, 9.17) is 9.15 Å². The standard InChI is InChI=1S/C17H18FN5O2/c18-14-3-1-2-13(6-14)17-21-15(10-25-17)7-22-4-5-24-16(8-22)9-23-12-19-11-20-23/h1-3,6,10-12,16H,4-5,7-9H2/t16-/m1/s1. The van der Waals surface area contributed by atoms with Crippen LogP contribution in [0.1, 0.15) is 5.69 Å². The van der Waals surface area contributed by atoms with Crippen LogP contribution in [0.4, 0.5) is 4.39 Å². The molecule has 1 atom stereocenters. The Morgan fingerprint density at radius 3 is 3.12 bits per heavy atom. The molecule has 0 unspecified atom stereocenters. The number of morpholine rings is 1. The van der Waals surface area contributed by atoms with Crippen LogP contribution in [0.2, 0.25) is 0 Å². The quantitative estimate of drug-likeness (QED) is 0.705. The van der Waals surface area contributed by atoms with Gasteiger partial charge in [-0.2, -0.15) is 5.10 Å². The lowest BCUT2D eigenvalue weighted by Crippen LogP contribution is -2.43. The summed E-state index contributed by atoms with van der Waals surface area (Å²) in [6.07, 6.45) is 4.89. The van der Waals surface area contributed by atoms with Gasteiger partial charge >= 0.3 is 0 Å². The van der Waals surface area contributed by atoms with Crippen LogP contribution in [0.3, 0.4) is 0 Å². The van der Waals surface area contributed by atoms with Gasteiger partial charge in [0.2, 0.25) is 5.89 Å². The van der Waals surface area contributed by atoms with E-state index in [1.54, 1.807) is 29.4 Å². The van der Waals surface area contributed by atoms with Crippen LogP contribution < -0.4 is 0 Å². The molecule has 8 heteroatoms. The van der Waals surface area contributed by atoms with Gasteiger partial charge in [0, 0.05) is 25.2 Å². The molecule has 1 aliphatic heterocycles. The summed E-state index contributed by atoms with van der Waals surface area (Å²) in [4.78, 5) is 10.7. The molecule has 0 aliphatic carbocycles. The molecule has 7 nitrogen and oxygen atoms in total. The van der Waals surface area contributed by atoms with E-state index in [-0.39, 0.29) is 11.9 Å². The van der Waals surface area contributed by atoms with Gasteiger partial charge in [0.1, 0.15) is 24.7 Å². The molecule has 25 heavy (non-hydrogen) atoms. The second-order valence-electron chi connectivity index (χ2n) is 6.00. The zero-order valence-electron chi connectivity index (χ0n) is 13.6. The van der Waals surface area contributed by atoms with Crippen molar-refractivity contribution in [1.82, 2.24) is 24.6 Å². The summed E-state index contributed by atoms with van der Waals surface area (Å²) in [5.41, 5.74) is 1.46. The van der Waals surface area contributed by atoms with Crippen molar-refractivity contribution in [3.8, 4) is 11.5 Å². The largest absolute Gasteiger partial charge is 0.444 e. The molecule has 1 aromatic carbocycles. The summed E-state index contributed by atoms with van der Waals surface area (Å²) in [7, 11) is 0. The average Bonchev–Trinajstić information content (AvgIpc) is 3.27. The minimum Gasteiger partial charge on any atom is -0.444 e. The molecular formula is C17H18FN5O2. The summed E-state index contributed by atoms with van der Waals surface area (Å²) >= 11 is 0. The summed E-state index contributed by atoms with van der Waals surface area (Å²) in [6, 6.07) is 6.24. The number of hydrogen-bond donors (Lipinski definition) is 0. The second-order valence-corrected chi connectivity index (χ2v) is 6.00. The first-order valence-electron chi connectivity index (χ1n) is 8.13. The minimum absolute atomic E-state index is 0.0602. The average molecular weight is 343 g/mol. The van der Waals surface area contributed by atoms with Gasteiger partial charge in [-0.25, -0.2) is 14.4 Å². The third-order valence-electron chi connectivity index (χ3n) is 4.09. The first-order valence-corrected chi connectivity index (χ1v) is 8.13. The normalized spacial score (nSPS) is 18.5. The number of aromatic nitrogens is 4. The SMILES string of the molecule is Fc1cccc(-c2nc(CN3CCO[C@@H](Cn4cncn4)C3)co2)c1. The lowest BCUT2D eigenvalue weighted by atomic mass is 10.2. The summed E-state index contributed by atoms with van der Waals surface area (Å²) in [6.45, 7) is 3.60. The number of oxazole rings is 1. The molecule has 0 N–H and O–H groups in total. The maximum absolute atomic E-state index is 13.3. The van der Waals surface area contributed by atoms with E-state index in [1.807, 2.05) is 0 Å². The van der Waals surface area contributed by atoms with Gasteiger partial charge in [-0.15, -0.1) is 0 Å². The lowest BCUT2D eigenvalue weighted by molar-refractivity contribution is -0.0406. The van der Waals surface area contributed by atoms with Gasteiger partial charge in [0.05, 0.1) is 24.9 Å². The van der Waals surface area contributed by atoms with Crippen LogP contribution in [-0.2, 0) is 17.8 Å². The molecule has 4 rings (SSSR count). The predicted octanol–water partition coefficient (Wildman–Crippen LogP) is 1.97. The Morgan fingerprint density at radius 2 is 2.28 bits per heavy atom. The fraction of sp³-hybridized carbons (Fsp3) is 0.353. The fourth-order valence-corrected chi connectivity index (χ4v) is 2.93. The number of rotatable bonds is 5. The molecule has 130 valence electrons. The number of nitrogens with zero attached hydrogens (tertiary/aromatic N) is 5. The van der Waals surface area contributed by atoms with Crippen LogP contribution in [0.15, 0.2) is 47.6 Å². The molecule has 3 heterocycles. The third kappa shape index (κ3) is 3.92. The van der Waals surface area contributed by atoms with E-state index in [0.717, 1.165) is 18.8 Å². The fourth-order valence-electron chi connectivity index (χ4n) is 2.93. The Morgan fingerprint density at radius 1 is 1.32 bits per heavy atom. The Labute approximate surface area is 144 Å². The lowest BCUT2D eigenvalue weighted by Gasteiger charge is -2.32. The number of ether oxygens (including phenoxy) is 1. The first-order chi connectivity index (χ1) is 12.3. The minimum atomic E-state index is -0.304. The van der Waals surface area contributed by atoms with Crippen molar-refractivity contribution >= 4 is 0 Å². The summed E-state index contributed by atoms with van der Waals surface area (Å²) < 4.78 is 26.4. The van der Waals surface area contributed by atoms with Gasteiger partial charge in [0.25, 0.3) is 0 Å². The van der Waals surface area contributed by atoms with Crippen molar-refractivity contribution in [2.45, 2.75) is 19.2 Å². The molecule has 0 radical (unpaired) electrons. The molecule has 0 bridgehead atoms. The zero-order valence-corrected chi connectivity index (χ0v) is 13.6. The van der Waals surface area contributed by atoms with E-state index in [2.05, 4.69) is 20.0 Å².